The first-order chi connectivity index (χ1) is 7.68. The molecule has 0 amide bonds. The molecule has 16 heavy (non-hydrogen) atoms. The Morgan fingerprint density at radius 1 is 1.69 bits per heavy atom. The van der Waals surface area contributed by atoms with Gasteiger partial charge in [0.25, 0.3) is 0 Å². The number of hydrogen-bond donors (Lipinski definition) is 1. The third kappa shape index (κ3) is 2.40. The average Bonchev–Trinajstić information content (AvgIpc) is 2.30. The molecule has 1 aromatic rings. The number of halogens is 1. The van der Waals surface area contributed by atoms with Crippen molar-refractivity contribution in [2.24, 2.45) is 5.73 Å². The summed E-state index contributed by atoms with van der Waals surface area (Å²) in [6, 6.07) is 0. The summed E-state index contributed by atoms with van der Waals surface area (Å²) in [5, 5.41) is 0.520. The topological polar surface area (TPSA) is 64.3 Å². The highest BCUT2D eigenvalue weighted by Crippen LogP contribution is 2.23. The molecule has 0 saturated carbocycles. The number of rotatable bonds is 2. The van der Waals surface area contributed by atoms with Crippen molar-refractivity contribution in [3.63, 3.8) is 0 Å². The fourth-order valence-corrected chi connectivity index (χ4v) is 1.92. The zero-order valence-corrected chi connectivity index (χ0v) is 10.0. The Morgan fingerprint density at radius 3 is 3.19 bits per heavy atom. The van der Waals surface area contributed by atoms with Crippen LogP contribution < -0.4 is 10.6 Å². The van der Waals surface area contributed by atoms with Gasteiger partial charge < -0.3 is 15.4 Å². The van der Waals surface area contributed by atoms with E-state index in [1.54, 1.807) is 6.20 Å². The molecular formula is C9H11ClN4OS. The van der Waals surface area contributed by atoms with E-state index in [0.717, 1.165) is 6.54 Å². The van der Waals surface area contributed by atoms with Gasteiger partial charge in [0, 0.05) is 6.54 Å². The van der Waals surface area contributed by atoms with Gasteiger partial charge in [-0.05, 0) is 0 Å². The molecule has 2 heterocycles. The molecule has 0 spiro atoms. The van der Waals surface area contributed by atoms with E-state index in [2.05, 4.69) is 9.97 Å². The van der Waals surface area contributed by atoms with Crippen molar-refractivity contribution in [3.8, 4) is 0 Å². The van der Waals surface area contributed by atoms with Crippen molar-refractivity contribution >= 4 is 34.6 Å². The molecule has 1 aliphatic heterocycles. The van der Waals surface area contributed by atoms with Gasteiger partial charge in [-0.25, -0.2) is 9.97 Å². The van der Waals surface area contributed by atoms with Crippen LogP contribution in [0.4, 0.5) is 5.82 Å². The summed E-state index contributed by atoms with van der Waals surface area (Å²) in [7, 11) is 0. The minimum atomic E-state index is -0.241. The first kappa shape index (κ1) is 11.5. The Hall–Kier alpha value is -0.980. The molecule has 1 unspecified atom stereocenters. The van der Waals surface area contributed by atoms with Crippen molar-refractivity contribution in [1.82, 2.24) is 9.97 Å². The molecule has 1 saturated heterocycles. The third-order valence-electron chi connectivity index (χ3n) is 2.33. The van der Waals surface area contributed by atoms with E-state index in [1.807, 2.05) is 4.90 Å². The standard InChI is InChI=1S/C9H11ClN4OS/c10-6-3-12-5-13-9(6)14-1-2-15-7(4-14)8(11)16/h3,5,7H,1-2,4H2,(H2,11,16). The maximum Gasteiger partial charge on any atom is 0.151 e. The lowest BCUT2D eigenvalue weighted by Crippen LogP contribution is -2.48. The van der Waals surface area contributed by atoms with Crippen LogP contribution in [0.3, 0.4) is 0 Å². The molecule has 1 atom stereocenters. The minimum absolute atomic E-state index is 0.241. The molecule has 86 valence electrons. The number of nitrogens with two attached hydrogens (primary N) is 1. The largest absolute Gasteiger partial charge is 0.391 e. The second-order valence-electron chi connectivity index (χ2n) is 3.40. The third-order valence-corrected chi connectivity index (χ3v) is 2.86. The summed E-state index contributed by atoms with van der Waals surface area (Å²) >= 11 is 10.9. The van der Waals surface area contributed by atoms with Crippen molar-refractivity contribution in [3.05, 3.63) is 17.5 Å². The first-order valence-corrected chi connectivity index (χ1v) is 5.58. The van der Waals surface area contributed by atoms with E-state index in [4.69, 9.17) is 34.3 Å². The molecule has 0 aromatic carbocycles. The smallest absolute Gasteiger partial charge is 0.151 e. The molecule has 1 aromatic heterocycles. The number of morpholine rings is 1. The first-order valence-electron chi connectivity index (χ1n) is 4.80. The van der Waals surface area contributed by atoms with Crippen LogP contribution in [0, 0.1) is 0 Å². The van der Waals surface area contributed by atoms with Crippen molar-refractivity contribution < 1.29 is 4.74 Å². The molecule has 1 aliphatic rings. The monoisotopic (exact) mass is 258 g/mol. The second kappa shape index (κ2) is 4.90. The number of aromatic nitrogens is 2. The van der Waals surface area contributed by atoms with Gasteiger partial charge in [0.05, 0.1) is 19.3 Å². The van der Waals surface area contributed by atoms with E-state index in [1.165, 1.54) is 6.33 Å². The lowest BCUT2D eigenvalue weighted by atomic mass is 10.2. The van der Waals surface area contributed by atoms with Crippen LogP contribution in [0.15, 0.2) is 12.5 Å². The van der Waals surface area contributed by atoms with E-state index in [9.17, 15) is 0 Å². The molecule has 2 N–H and O–H groups in total. The summed E-state index contributed by atoms with van der Waals surface area (Å²) in [6.45, 7) is 1.85. The number of hydrogen-bond acceptors (Lipinski definition) is 5. The van der Waals surface area contributed by atoms with Crippen LogP contribution in [0.25, 0.3) is 0 Å². The Labute approximate surface area is 104 Å². The molecule has 7 heteroatoms. The van der Waals surface area contributed by atoms with Crippen molar-refractivity contribution in [2.75, 3.05) is 24.6 Å². The van der Waals surface area contributed by atoms with Gasteiger partial charge in [0.15, 0.2) is 5.82 Å². The highest BCUT2D eigenvalue weighted by Gasteiger charge is 2.24. The van der Waals surface area contributed by atoms with Crippen LogP contribution in [-0.4, -0.2) is 40.8 Å². The summed E-state index contributed by atoms with van der Waals surface area (Å²) < 4.78 is 5.44. The summed E-state index contributed by atoms with van der Waals surface area (Å²) in [4.78, 5) is 10.3. The zero-order chi connectivity index (χ0) is 11.5. The van der Waals surface area contributed by atoms with Gasteiger partial charge in [-0.15, -0.1) is 0 Å². The van der Waals surface area contributed by atoms with Crippen LogP contribution in [0.2, 0.25) is 5.02 Å². The van der Waals surface area contributed by atoms with Gasteiger partial charge in [-0.3, -0.25) is 0 Å². The van der Waals surface area contributed by atoms with Crippen LogP contribution in [0.1, 0.15) is 0 Å². The predicted molar refractivity (Wildman–Crippen MR) is 65.8 cm³/mol. The van der Waals surface area contributed by atoms with Gasteiger partial charge >= 0.3 is 0 Å². The fraction of sp³-hybridized carbons (Fsp3) is 0.444. The maximum absolute atomic E-state index is 6.01. The van der Waals surface area contributed by atoms with Gasteiger partial charge in [-0.1, -0.05) is 23.8 Å². The van der Waals surface area contributed by atoms with E-state index < -0.39 is 0 Å². The van der Waals surface area contributed by atoms with Gasteiger partial charge in [0.2, 0.25) is 0 Å². The number of ether oxygens (including phenoxy) is 1. The molecule has 1 fully saturated rings. The predicted octanol–water partition coefficient (Wildman–Crippen LogP) is 0.621. The maximum atomic E-state index is 6.01. The second-order valence-corrected chi connectivity index (χ2v) is 4.28. The fourth-order valence-electron chi connectivity index (χ4n) is 1.55. The van der Waals surface area contributed by atoms with E-state index >= 15 is 0 Å². The number of thiocarbonyl (C=S) groups is 1. The Balaban J connectivity index is 2.16. The Bertz CT molecular complexity index is 403. The van der Waals surface area contributed by atoms with Crippen molar-refractivity contribution in [2.45, 2.75) is 6.10 Å². The zero-order valence-electron chi connectivity index (χ0n) is 8.47. The number of nitrogens with zero attached hydrogens (tertiary/aromatic N) is 3. The summed E-state index contributed by atoms with van der Waals surface area (Å²) in [6.07, 6.45) is 2.79. The number of anilines is 1. The van der Waals surface area contributed by atoms with E-state index in [0.29, 0.717) is 29.0 Å². The lowest BCUT2D eigenvalue weighted by molar-refractivity contribution is 0.0844. The Morgan fingerprint density at radius 2 is 2.50 bits per heavy atom. The molecule has 5 nitrogen and oxygen atoms in total. The van der Waals surface area contributed by atoms with Crippen molar-refractivity contribution in [1.29, 1.82) is 0 Å². The molecule has 0 bridgehead atoms. The van der Waals surface area contributed by atoms with Gasteiger partial charge in [-0.2, -0.15) is 0 Å². The van der Waals surface area contributed by atoms with Crippen LogP contribution in [-0.2, 0) is 4.74 Å². The van der Waals surface area contributed by atoms with Crippen LogP contribution >= 0.6 is 23.8 Å². The minimum Gasteiger partial charge on any atom is -0.391 e. The lowest BCUT2D eigenvalue weighted by Gasteiger charge is -2.33. The Kier molecular flexibility index (Phi) is 3.52. The highest BCUT2D eigenvalue weighted by atomic mass is 35.5. The summed E-state index contributed by atoms with van der Waals surface area (Å²) in [5.74, 6) is 0.696. The highest BCUT2D eigenvalue weighted by molar-refractivity contribution is 7.80. The van der Waals surface area contributed by atoms with E-state index in [-0.39, 0.29) is 6.10 Å². The normalized spacial score (nSPS) is 20.8. The summed E-state index contributed by atoms with van der Waals surface area (Å²) in [5.41, 5.74) is 5.56. The SMILES string of the molecule is NC(=S)C1CN(c2ncncc2Cl)CCO1. The van der Waals surface area contributed by atoms with Gasteiger partial charge in [0.1, 0.15) is 22.4 Å². The van der Waals surface area contributed by atoms with Crippen LogP contribution in [0.5, 0.6) is 0 Å². The molecule has 0 aliphatic carbocycles. The molecular weight excluding hydrogens is 248 g/mol. The average molecular weight is 259 g/mol. The molecule has 2 rings (SSSR count). The quantitative estimate of drug-likeness (QED) is 0.785. The molecule has 0 radical (unpaired) electrons.